The molecule has 0 aliphatic rings. The maximum atomic E-state index is 12.9. The van der Waals surface area contributed by atoms with Crippen LogP contribution in [0.25, 0.3) is 0 Å². The number of nitrogens with zero attached hydrogens (tertiary/aromatic N) is 3. The Morgan fingerprint density at radius 1 is 0.931 bits per heavy atom. The van der Waals surface area contributed by atoms with Crippen molar-refractivity contribution in [3.05, 3.63) is 74.5 Å². The van der Waals surface area contributed by atoms with Crippen LogP contribution in [0.2, 0.25) is 10.0 Å². The van der Waals surface area contributed by atoms with Gasteiger partial charge in [0.2, 0.25) is 11.6 Å². The predicted octanol–water partition coefficient (Wildman–Crippen LogP) is 6.20. The van der Waals surface area contributed by atoms with E-state index in [1.54, 1.807) is 0 Å². The van der Waals surface area contributed by atoms with E-state index >= 15 is 0 Å². The smallest absolute Gasteiger partial charge is 0.334 e. The van der Waals surface area contributed by atoms with Gasteiger partial charge in [0, 0.05) is 21.4 Å². The van der Waals surface area contributed by atoms with Crippen molar-refractivity contribution in [1.29, 1.82) is 0 Å². The molecule has 0 aliphatic carbocycles. The lowest BCUT2D eigenvalue weighted by atomic mass is 10.2. The Bertz CT molecular complexity index is 1060. The molecule has 0 bridgehead atoms. The van der Waals surface area contributed by atoms with Crippen LogP contribution in [0.1, 0.15) is 5.56 Å². The summed E-state index contributed by atoms with van der Waals surface area (Å²) in [5, 5.41) is 17.4. The Morgan fingerprint density at radius 3 is 2.07 bits per heavy atom. The summed E-state index contributed by atoms with van der Waals surface area (Å²) in [5.41, 5.74) is -1.18. The first-order chi connectivity index (χ1) is 13.6. The van der Waals surface area contributed by atoms with Crippen molar-refractivity contribution in [2.45, 2.75) is 6.18 Å². The highest BCUT2D eigenvalue weighted by molar-refractivity contribution is 6.35. The summed E-state index contributed by atoms with van der Waals surface area (Å²) in [6, 6.07) is 8.61. The van der Waals surface area contributed by atoms with E-state index in [0.29, 0.717) is 15.7 Å². The van der Waals surface area contributed by atoms with Crippen molar-refractivity contribution in [3.8, 4) is 0 Å². The fraction of sp³-hybridized carbons (Fsp3) is 0.0588. The molecule has 2 aromatic carbocycles. The fourth-order valence-corrected chi connectivity index (χ4v) is 2.93. The average molecular weight is 444 g/mol. The molecule has 12 heteroatoms. The molecule has 0 saturated heterocycles. The molecule has 1 heterocycles. The van der Waals surface area contributed by atoms with E-state index in [9.17, 15) is 23.3 Å². The van der Waals surface area contributed by atoms with Crippen LogP contribution in [0, 0.1) is 10.1 Å². The van der Waals surface area contributed by atoms with Gasteiger partial charge < -0.3 is 10.6 Å². The van der Waals surface area contributed by atoms with Crippen molar-refractivity contribution < 1.29 is 18.1 Å². The van der Waals surface area contributed by atoms with Gasteiger partial charge >= 0.3 is 11.9 Å². The average Bonchev–Trinajstić information content (AvgIpc) is 2.60. The van der Waals surface area contributed by atoms with E-state index in [1.165, 1.54) is 30.3 Å². The summed E-state index contributed by atoms with van der Waals surface area (Å²) in [6.07, 6.45) is -3.54. The third-order valence-corrected chi connectivity index (χ3v) is 4.02. The molecular weight excluding hydrogens is 434 g/mol. The van der Waals surface area contributed by atoms with Crippen molar-refractivity contribution >= 4 is 51.9 Å². The highest BCUT2D eigenvalue weighted by Crippen LogP contribution is 2.36. The predicted molar refractivity (Wildman–Crippen MR) is 103 cm³/mol. The van der Waals surface area contributed by atoms with E-state index in [1.807, 2.05) is 0 Å². The van der Waals surface area contributed by atoms with E-state index in [-0.39, 0.29) is 17.3 Å². The van der Waals surface area contributed by atoms with Crippen LogP contribution in [0.15, 0.2) is 48.8 Å². The fourth-order valence-electron chi connectivity index (χ4n) is 2.41. The zero-order chi connectivity index (χ0) is 21.2. The van der Waals surface area contributed by atoms with Crippen molar-refractivity contribution in [2.75, 3.05) is 10.6 Å². The van der Waals surface area contributed by atoms with Crippen LogP contribution < -0.4 is 10.6 Å². The van der Waals surface area contributed by atoms with E-state index < -0.39 is 22.4 Å². The molecule has 7 nitrogen and oxygen atoms in total. The summed E-state index contributed by atoms with van der Waals surface area (Å²) in [5.74, 6) is -0.488. The van der Waals surface area contributed by atoms with E-state index in [4.69, 9.17) is 23.2 Å². The standard InChI is InChI=1S/C17H10Cl2F3N5O2/c18-10-5-11(19)7-13(6-10)26-16-14(27(28)29)15(23-8-24-16)25-12-3-1-2-9(4-12)17(20,21)22/h1-8H,(H2,23,24,25,26). The number of nitrogens with one attached hydrogen (secondary N) is 2. The van der Waals surface area contributed by atoms with Gasteiger partial charge in [-0.05, 0) is 36.4 Å². The molecule has 1 aromatic heterocycles. The second-order valence-corrected chi connectivity index (χ2v) is 6.54. The van der Waals surface area contributed by atoms with Crippen LogP contribution in [0.5, 0.6) is 0 Å². The van der Waals surface area contributed by atoms with Crippen LogP contribution >= 0.6 is 23.2 Å². The monoisotopic (exact) mass is 443 g/mol. The van der Waals surface area contributed by atoms with Crippen molar-refractivity contribution in [2.24, 2.45) is 0 Å². The molecular formula is C17H10Cl2F3N5O2. The number of nitro groups is 1. The zero-order valence-corrected chi connectivity index (χ0v) is 15.7. The lowest BCUT2D eigenvalue weighted by Gasteiger charge is -2.12. The zero-order valence-electron chi connectivity index (χ0n) is 14.2. The molecule has 0 saturated carbocycles. The SMILES string of the molecule is O=[N+]([O-])c1c(Nc2cc(Cl)cc(Cl)c2)ncnc1Nc1cccc(C(F)(F)F)c1. The molecule has 0 fully saturated rings. The van der Waals surface area contributed by atoms with Gasteiger partial charge in [-0.25, -0.2) is 9.97 Å². The van der Waals surface area contributed by atoms with Gasteiger partial charge in [-0.15, -0.1) is 0 Å². The summed E-state index contributed by atoms with van der Waals surface area (Å²) >= 11 is 11.8. The second kappa shape index (κ2) is 8.10. The Hall–Kier alpha value is -3.11. The number of hydrogen-bond acceptors (Lipinski definition) is 6. The van der Waals surface area contributed by atoms with Gasteiger partial charge in [0.1, 0.15) is 6.33 Å². The topological polar surface area (TPSA) is 93.0 Å². The first-order valence-electron chi connectivity index (χ1n) is 7.80. The third-order valence-electron chi connectivity index (χ3n) is 3.58. The minimum atomic E-state index is -4.56. The summed E-state index contributed by atoms with van der Waals surface area (Å²) in [6.45, 7) is 0. The quantitative estimate of drug-likeness (QED) is 0.360. The van der Waals surface area contributed by atoms with E-state index in [2.05, 4.69) is 20.6 Å². The van der Waals surface area contributed by atoms with Crippen LogP contribution in [0.4, 0.5) is 41.9 Å². The molecule has 0 amide bonds. The van der Waals surface area contributed by atoms with Crippen LogP contribution in [-0.2, 0) is 6.18 Å². The molecule has 0 unspecified atom stereocenters. The summed E-state index contributed by atoms with van der Waals surface area (Å²) < 4.78 is 38.7. The molecule has 0 spiro atoms. The molecule has 0 atom stereocenters. The number of rotatable bonds is 5. The summed E-state index contributed by atoms with van der Waals surface area (Å²) in [4.78, 5) is 18.5. The van der Waals surface area contributed by atoms with Gasteiger partial charge in [-0.2, -0.15) is 13.2 Å². The Kier molecular flexibility index (Phi) is 5.76. The van der Waals surface area contributed by atoms with E-state index in [0.717, 1.165) is 18.5 Å². The number of alkyl halides is 3. The molecule has 3 rings (SSSR count). The number of aromatic nitrogens is 2. The first-order valence-corrected chi connectivity index (χ1v) is 8.56. The normalized spacial score (nSPS) is 11.2. The maximum Gasteiger partial charge on any atom is 0.416 e. The van der Waals surface area contributed by atoms with Crippen LogP contribution in [0.3, 0.4) is 0 Å². The maximum absolute atomic E-state index is 12.9. The second-order valence-electron chi connectivity index (χ2n) is 5.66. The minimum Gasteiger partial charge on any atom is -0.334 e. The Balaban J connectivity index is 1.98. The molecule has 3 aromatic rings. The minimum absolute atomic E-state index is 0.0293. The van der Waals surface area contributed by atoms with Gasteiger partial charge in [-0.3, -0.25) is 10.1 Å². The van der Waals surface area contributed by atoms with Crippen molar-refractivity contribution in [1.82, 2.24) is 9.97 Å². The summed E-state index contributed by atoms with van der Waals surface area (Å²) in [7, 11) is 0. The Morgan fingerprint density at radius 2 is 1.52 bits per heavy atom. The Labute approximate surface area is 171 Å². The molecule has 150 valence electrons. The molecule has 0 radical (unpaired) electrons. The van der Waals surface area contributed by atoms with Gasteiger partial charge in [0.25, 0.3) is 0 Å². The van der Waals surface area contributed by atoms with Gasteiger partial charge in [0.05, 0.1) is 10.5 Å². The lowest BCUT2D eigenvalue weighted by molar-refractivity contribution is -0.383. The number of halogens is 5. The molecule has 2 N–H and O–H groups in total. The van der Waals surface area contributed by atoms with Crippen molar-refractivity contribution in [3.63, 3.8) is 0 Å². The number of benzene rings is 2. The largest absolute Gasteiger partial charge is 0.416 e. The highest BCUT2D eigenvalue weighted by Gasteiger charge is 2.31. The first kappa shape index (κ1) is 20.6. The molecule has 0 aliphatic heterocycles. The molecule has 29 heavy (non-hydrogen) atoms. The number of hydrogen-bond donors (Lipinski definition) is 2. The third kappa shape index (κ3) is 5.04. The lowest BCUT2D eigenvalue weighted by Crippen LogP contribution is -2.07. The van der Waals surface area contributed by atoms with Gasteiger partial charge in [-0.1, -0.05) is 29.3 Å². The van der Waals surface area contributed by atoms with Gasteiger partial charge in [0.15, 0.2) is 0 Å². The number of anilines is 4. The van der Waals surface area contributed by atoms with Crippen LogP contribution in [-0.4, -0.2) is 14.9 Å². The highest BCUT2D eigenvalue weighted by atomic mass is 35.5.